The highest BCUT2D eigenvalue weighted by molar-refractivity contribution is 5.95. The summed E-state index contributed by atoms with van der Waals surface area (Å²) in [7, 11) is 4.00. The lowest BCUT2D eigenvalue weighted by atomic mass is 10.1. The normalized spacial score (nSPS) is 16.3. The molecule has 24 heteroatoms. The minimum atomic E-state index is -0.872. The highest BCUT2D eigenvalue weighted by Crippen LogP contribution is 2.46. The lowest BCUT2D eigenvalue weighted by molar-refractivity contribution is 0.0188. The van der Waals surface area contributed by atoms with E-state index in [1.165, 1.54) is 12.7 Å². The lowest BCUT2D eigenvalue weighted by Gasteiger charge is -2.29. The van der Waals surface area contributed by atoms with Crippen LogP contribution < -0.4 is 43.8 Å². The summed E-state index contributed by atoms with van der Waals surface area (Å²) in [5.74, 6) is 4.22. The molecule has 0 saturated heterocycles. The number of aromatic hydroxyl groups is 1. The number of nitrogens with one attached hydrogen (secondary N) is 2. The first-order valence-corrected chi connectivity index (χ1v) is 27.6. The number of phenolic OH excluding ortho intramolecular Hbond substituents is 1. The number of aromatic nitrogens is 4. The quantitative estimate of drug-likeness (QED) is 0.0786. The number of likely N-dealkylation sites (N-methyl/N-ethyl adjacent to an activating group) is 2. The molecule has 4 aromatic carbocycles. The third kappa shape index (κ3) is 15.3. The van der Waals surface area contributed by atoms with E-state index in [0.717, 1.165) is 16.8 Å². The van der Waals surface area contributed by atoms with Gasteiger partial charge in [0.25, 0.3) is 0 Å². The number of carbonyl (C=O) groups is 3. The molecule has 0 fully saturated rings. The Hall–Kier alpha value is -8.51. The van der Waals surface area contributed by atoms with Gasteiger partial charge in [-0.05, 0) is 125 Å². The van der Waals surface area contributed by atoms with Crippen molar-refractivity contribution >= 4 is 63.2 Å². The van der Waals surface area contributed by atoms with Gasteiger partial charge in [0.05, 0.1) is 35.6 Å². The summed E-state index contributed by atoms with van der Waals surface area (Å²) in [6.45, 7) is 21.2. The fourth-order valence-corrected chi connectivity index (χ4v) is 9.24. The molecule has 444 valence electrons. The molecule has 3 N–H and O–H groups in total. The highest BCUT2D eigenvalue weighted by Gasteiger charge is 2.29. The van der Waals surface area contributed by atoms with Gasteiger partial charge in [0.15, 0.2) is 46.0 Å². The Kier molecular flexibility index (Phi) is 17.7. The van der Waals surface area contributed by atoms with Crippen LogP contribution in [0.1, 0.15) is 86.3 Å². The summed E-state index contributed by atoms with van der Waals surface area (Å²) < 4.78 is 57.4. The molecule has 0 spiro atoms. The third-order valence-electron chi connectivity index (χ3n) is 13.1. The Bertz CT molecular complexity index is 3340. The average Bonchev–Trinajstić information content (AvgIpc) is 3.76. The molecule has 4 bridgehead atoms. The van der Waals surface area contributed by atoms with Crippen LogP contribution in [0.5, 0.6) is 46.0 Å². The van der Waals surface area contributed by atoms with Gasteiger partial charge in [0.1, 0.15) is 41.1 Å². The topological polar surface area (TPSA) is 252 Å². The van der Waals surface area contributed by atoms with Gasteiger partial charge in [0, 0.05) is 75.3 Å². The van der Waals surface area contributed by atoms with Gasteiger partial charge in [0.2, 0.25) is 13.6 Å². The van der Waals surface area contributed by atoms with Crippen molar-refractivity contribution in [3.8, 4) is 46.0 Å². The highest BCUT2D eigenvalue weighted by atomic mass is 16.7. The molecule has 0 radical (unpaired) electrons. The van der Waals surface area contributed by atoms with Gasteiger partial charge in [-0.1, -0.05) is 12.1 Å². The fraction of sp³-hybridized carbons (Fsp3) is 0.475. The smallest absolute Gasteiger partial charge is 0.504 e. The van der Waals surface area contributed by atoms with Gasteiger partial charge < -0.3 is 82.7 Å². The maximum absolute atomic E-state index is 13.1. The van der Waals surface area contributed by atoms with Gasteiger partial charge in [-0.15, -0.1) is 0 Å². The third-order valence-corrected chi connectivity index (χ3v) is 13.1. The SMILES string of the molecule is CN1CCN(C(=O)OC(C)(C)C)CCCOc2cc3c(ncnc3cc2O)Nc2c(ccc3c2OCO3)C1.CN1CCN(C(=O)OC(C)(C)C)CCCOc2cc3c(ncnc3cc2OC(=O)OC(C)(C)C)Nc2c(ccc3c2OCO3)C1. The number of nitrogens with zero attached hydrogens (tertiary/aromatic N) is 8. The molecule has 24 nitrogen and oxygen atoms in total. The number of rotatable bonds is 1. The molecular weight excluding hydrogens is 1070 g/mol. The Morgan fingerprint density at radius 2 is 0.988 bits per heavy atom. The molecule has 0 atom stereocenters. The average molecular weight is 1150 g/mol. The molecule has 2 aromatic heterocycles. The minimum Gasteiger partial charge on any atom is -0.504 e. The number of ether oxygens (including phenoxy) is 10. The molecule has 0 saturated carbocycles. The monoisotopic (exact) mass is 1150 g/mol. The van der Waals surface area contributed by atoms with E-state index in [-0.39, 0.29) is 37.8 Å². The summed E-state index contributed by atoms with van der Waals surface area (Å²) in [6, 6.07) is 14.4. The van der Waals surface area contributed by atoms with Crippen LogP contribution in [-0.2, 0) is 27.3 Å². The van der Waals surface area contributed by atoms with E-state index < -0.39 is 29.1 Å². The Balaban J connectivity index is 0.000000202. The van der Waals surface area contributed by atoms with E-state index in [1.807, 2.05) is 79.9 Å². The molecule has 6 heterocycles. The number of hydrogen-bond donors (Lipinski definition) is 3. The molecule has 0 aliphatic carbocycles. The molecule has 83 heavy (non-hydrogen) atoms. The number of phenols is 1. The first-order chi connectivity index (χ1) is 39.4. The van der Waals surface area contributed by atoms with Gasteiger partial charge in [-0.2, -0.15) is 0 Å². The Labute approximate surface area is 482 Å². The van der Waals surface area contributed by atoms with Crippen LogP contribution in [0.4, 0.5) is 37.4 Å². The van der Waals surface area contributed by atoms with Crippen molar-refractivity contribution < 1.29 is 66.9 Å². The Morgan fingerprint density at radius 1 is 0.530 bits per heavy atom. The van der Waals surface area contributed by atoms with Crippen molar-refractivity contribution in [3.63, 3.8) is 0 Å². The van der Waals surface area contributed by atoms with Crippen LogP contribution in [0.2, 0.25) is 0 Å². The van der Waals surface area contributed by atoms with E-state index in [4.69, 9.17) is 47.4 Å². The number of fused-ring (bicyclic) bond motifs is 8. The molecule has 4 aliphatic rings. The van der Waals surface area contributed by atoms with Crippen LogP contribution in [0.3, 0.4) is 0 Å². The zero-order chi connectivity index (χ0) is 59.2. The van der Waals surface area contributed by atoms with Crippen LogP contribution in [0.15, 0.2) is 61.2 Å². The van der Waals surface area contributed by atoms with Crippen LogP contribution in [-0.4, -0.2) is 160 Å². The summed E-state index contributed by atoms with van der Waals surface area (Å²) in [5, 5.41) is 18.8. The molecule has 6 aromatic rings. The van der Waals surface area contributed by atoms with E-state index in [0.29, 0.717) is 145 Å². The lowest BCUT2D eigenvalue weighted by Crippen LogP contribution is -2.41. The zero-order valence-corrected chi connectivity index (χ0v) is 49.0. The van der Waals surface area contributed by atoms with Crippen molar-refractivity contribution in [2.45, 2.75) is 105 Å². The van der Waals surface area contributed by atoms with Gasteiger partial charge in [-0.3, -0.25) is 0 Å². The van der Waals surface area contributed by atoms with Crippen molar-refractivity contribution in [3.05, 3.63) is 72.3 Å². The number of hydrogen-bond acceptors (Lipinski definition) is 22. The van der Waals surface area contributed by atoms with Crippen molar-refractivity contribution in [1.29, 1.82) is 0 Å². The predicted octanol–water partition coefficient (Wildman–Crippen LogP) is 10.1. The standard InChI is InChI=1S/C32H41N5O8.C27H33N5O6/c1-31(2,3)44-29(38)37-11-8-14-40-24-15-21-22(16-25(24)43-30(39)45-32(4,5)6)33-18-34-28(21)35-26-20(17-36(7)12-13-37)9-10-23-27(26)42-19-41-23;1-27(2,3)38-26(34)32-8-5-11-35-22-12-18-19(13-20(22)33)28-15-29-25(18)30-23-17(14-31(4)9-10-32)6-7-21-24(23)37-16-36-21/h9-10,15-16,18H,8,11-14,17,19H2,1-7H3,(H,33,34,35);6-7,12-13,15,33H,5,8-11,14,16H2,1-4H3,(H,28,29,30). The van der Waals surface area contributed by atoms with Crippen molar-refractivity contribution in [1.82, 2.24) is 39.5 Å². The van der Waals surface area contributed by atoms with Gasteiger partial charge >= 0.3 is 18.3 Å². The molecule has 0 unspecified atom stereocenters. The van der Waals surface area contributed by atoms with Gasteiger partial charge in [-0.25, -0.2) is 34.3 Å². The minimum absolute atomic E-state index is 0.0214. The largest absolute Gasteiger partial charge is 0.514 e. The Morgan fingerprint density at radius 3 is 1.47 bits per heavy atom. The number of benzene rings is 4. The summed E-state index contributed by atoms with van der Waals surface area (Å²) in [6.07, 6.45) is 2.29. The summed E-state index contributed by atoms with van der Waals surface area (Å²) in [5.41, 5.74) is 2.42. The maximum Gasteiger partial charge on any atom is 0.514 e. The predicted molar refractivity (Wildman–Crippen MR) is 308 cm³/mol. The number of carbonyl (C=O) groups excluding carboxylic acids is 3. The van der Waals surface area contributed by atoms with E-state index in [1.54, 1.807) is 54.8 Å². The van der Waals surface area contributed by atoms with Crippen LogP contribution >= 0.6 is 0 Å². The summed E-state index contributed by atoms with van der Waals surface area (Å²) >= 11 is 0. The van der Waals surface area contributed by atoms with Crippen molar-refractivity contribution in [2.24, 2.45) is 0 Å². The summed E-state index contributed by atoms with van der Waals surface area (Å²) in [4.78, 5) is 64.1. The second-order valence-corrected chi connectivity index (χ2v) is 23.4. The molecular formula is C59H74N10O14. The van der Waals surface area contributed by atoms with E-state index >= 15 is 0 Å². The van der Waals surface area contributed by atoms with Crippen LogP contribution in [0.25, 0.3) is 21.8 Å². The fourth-order valence-electron chi connectivity index (χ4n) is 9.24. The first kappa shape index (κ1) is 59.1. The van der Waals surface area contributed by atoms with E-state index in [9.17, 15) is 19.5 Å². The van der Waals surface area contributed by atoms with E-state index in [2.05, 4.69) is 40.4 Å². The maximum atomic E-state index is 13.1. The number of amides is 2. The number of anilines is 4. The first-order valence-electron chi connectivity index (χ1n) is 27.6. The molecule has 4 aliphatic heterocycles. The second-order valence-electron chi connectivity index (χ2n) is 23.4. The second kappa shape index (κ2) is 24.9. The zero-order valence-electron chi connectivity index (χ0n) is 49.0. The molecule has 10 rings (SSSR count). The molecule has 2 amide bonds. The van der Waals surface area contributed by atoms with Crippen molar-refractivity contribution in [2.75, 3.05) is 90.8 Å². The van der Waals surface area contributed by atoms with Crippen LogP contribution in [0, 0.1) is 0 Å².